The molecule has 0 aromatic heterocycles. The zero-order valence-corrected chi connectivity index (χ0v) is 10.3. The van der Waals surface area contributed by atoms with Crippen LogP contribution in [0.25, 0.3) is 0 Å². The first-order valence-corrected chi connectivity index (χ1v) is 6.27. The van der Waals surface area contributed by atoms with Gasteiger partial charge in [-0.15, -0.1) is 0 Å². The number of hydrogen-bond donors (Lipinski definition) is 1. The molecule has 1 spiro atoms. The molecule has 2 rings (SSSR count). The molecule has 2 amide bonds. The van der Waals surface area contributed by atoms with E-state index in [1.54, 1.807) is 12.0 Å². The van der Waals surface area contributed by atoms with E-state index >= 15 is 0 Å². The average Bonchev–Trinajstić information content (AvgIpc) is 2.75. The molecule has 0 aromatic rings. The van der Waals surface area contributed by atoms with Gasteiger partial charge in [0.05, 0.1) is 6.54 Å². The van der Waals surface area contributed by atoms with Gasteiger partial charge in [0, 0.05) is 20.3 Å². The molecule has 0 radical (unpaired) electrons. The summed E-state index contributed by atoms with van der Waals surface area (Å²) in [7, 11) is 1.64. The summed E-state index contributed by atoms with van der Waals surface area (Å²) in [5, 5.41) is 2.90. The third-order valence-corrected chi connectivity index (χ3v) is 3.64. The molecule has 2 fully saturated rings. The van der Waals surface area contributed by atoms with Crippen molar-refractivity contribution in [2.45, 2.75) is 37.6 Å². The molecule has 1 aliphatic heterocycles. The van der Waals surface area contributed by atoms with Crippen molar-refractivity contribution in [2.75, 3.05) is 26.8 Å². The van der Waals surface area contributed by atoms with Crippen LogP contribution >= 0.6 is 0 Å². The molecule has 1 N–H and O–H groups in total. The van der Waals surface area contributed by atoms with Crippen molar-refractivity contribution in [1.82, 2.24) is 10.2 Å². The van der Waals surface area contributed by atoms with Crippen molar-refractivity contribution < 1.29 is 14.3 Å². The van der Waals surface area contributed by atoms with Crippen LogP contribution < -0.4 is 5.32 Å². The zero-order valence-electron chi connectivity index (χ0n) is 10.3. The Kier molecular flexibility index (Phi) is 3.66. The van der Waals surface area contributed by atoms with E-state index in [2.05, 4.69) is 5.32 Å². The van der Waals surface area contributed by atoms with Crippen LogP contribution in [0.5, 0.6) is 0 Å². The minimum absolute atomic E-state index is 0.0242. The number of hydrogen-bond acceptors (Lipinski definition) is 3. The molecule has 2 aliphatic rings. The molecule has 0 bridgehead atoms. The molecule has 96 valence electrons. The molecular weight excluding hydrogens is 220 g/mol. The minimum Gasteiger partial charge on any atom is -0.385 e. The number of amides is 2. The van der Waals surface area contributed by atoms with E-state index in [0.717, 1.165) is 32.1 Å². The lowest BCUT2D eigenvalue weighted by Gasteiger charge is -2.39. The fourth-order valence-electron chi connectivity index (χ4n) is 2.81. The summed E-state index contributed by atoms with van der Waals surface area (Å²) in [6.07, 6.45) is 4.41. The fourth-order valence-corrected chi connectivity index (χ4v) is 2.81. The maximum absolute atomic E-state index is 12.4. The van der Waals surface area contributed by atoms with E-state index < -0.39 is 5.54 Å². The molecule has 5 nitrogen and oxygen atoms in total. The second-order valence-corrected chi connectivity index (χ2v) is 4.91. The standard InChI is InChI=1S/C12H20N2O3/c1-17-8-4-7-14-9-10(15)13-12(11(14)16)5-2-3-6-12/h2-9H2,1H3,(H,13,15). The van der Waals surface area contributed by atoms with Crippen LogP contribution in [-0.4, -0.2) is 49.1 Å². The Morgan fingerprint density at radius 1 is 1.35 bits per heavy atom. The van der Waals surface area contributed by atoms with E-state index in [0.29, 0.717) is 13.2 Å². The van der Waals surface area contributed by atoms with Gasteiger partial charge in [-0.25, -0.2) is 0 Å². The van der Waals surface area contributed by atoms with Gasteiger partial charge in [-0.3, -0.25) is 9.59 Å². The monoisotopic (exact) mass is 240 g/mol. The maximum Gasteiger partial charge on any atom is 0.248 e. The Morgan fingerprint density at radius 3 is 2.71 bits per heavy atom. The van der Waals surface area contributed by atoms with Crippen LogP contribution in [0.1, 0.15) is 32.1 Å². The second-order valence-electron chi connectivity index (χ2n) is 4.91. The minimum atomic E-state index is -0.581. The molecule has 1 aliphatic carbocycles. The first-order valence-electron chi connectivity index (χ1n) is 6.27. The Labute approximate surface area is 101 Å². The highest BCUT2D eigenvalue weighted by atomic mass is 16.5. The number of carbonyl (C=O) groups excluding carboxylic acids is 2. The van der Waals surface area contributed by atoms with E-state index in [9.17, 15) is 9.59 Å². The third kappa shape index (κ3) is 2.44. The van der Waals surface area contributed by atoms with E-state index in [1.807, 2.05) is 0 Å². The van der Waals surface area contributed by atoms with Gasteiger partial charge >= 0.3 is 0 Å². The van der Waals surface area contributed by atoms with E-state index in [4.69, 9.17) is 4.74 Å². The maximum atomic E-state index is 12.4. The molecule has 0 atom stereocenters. The van der Waals surface area contributed by atoms with Crippen molar-refractivity contribution in [2.24, 2.45) is 0 Å². The predicted molar refractivity (Wildman–Crippen MR) is 62.4 cm³/mol. The highest BCUT2D eigenvalue weighted by Crippen LogP contribution is 2.33. The molecule has 0 unspecified atom stereocenters. The van der Waals surface area contributed by atoms with Gasteiger partial charge in [0.25, 0.3) is 0 Å². The number of nitrogens with one attached hydrogen (secondary N) is 1. The molecule has 1 heterocycles. The van der Waals surface area contributed by atoms with E-state index in [1.165, 1.54) is 0 Å². The first kappa shape index (κ1) is 12.4. The summed E-state index contributed by atoms with van der Waals surface area (Å²) < 4.78 is 4.97. The van der Waals surface area contributed by atoms with Crippen molar-refractivity contribution >= 4 is 11.8 Å². The van der Waals surface area contributed by atoms with Gasteiger partial charge in [-0.1, -0.05) is 12.8 Å². The Hall–Kier alpha value is -1.10. The topological polar surface area (TPSA) is 58.6 Å². The SMILES string of the molecule is COCCCN1CC(=O)NC2(CCCC2)C1=O. The number of carbonyl (C=O) groups is 2. The smallest absolute Gasteiger partial charge is 0.248 e. The van der Waals surface area contributed by atoms with E-state index in [-0.39, 0.29) is 18.4 Å². The Morgan fingerprint density at radius 2 is 2.06 bits per heavy atom. The van der Waals surface area contributed by atoms with Crippen molar-refractivity contribution in [3.05, 3.63) is 0 Å². The van der Waals surface area contributed by atoms with Crippen molar-refractivity contribution in [3.63, 3.8) is 0 Å². The summed E-state index contributed by atoms with van der Waals surface area (Å²) >= 11 is 0. The van der Waals surface area contributed by atoms with Crippen LogP contribution in [0.4, 0.5) is 0 Å². The molecule has 0 aromatic carbocycles. The van der Waals surface area contributed by atoms with Gasteiger partial charge in [-0.05, 0) is 19.3 Å². The van der Waals surface area contributed by atoms with Crippen LogP contribution in [0.3, 0.4) is 0 Å². The van der Waals surface area contributed by atoms with Gasteiger partial charge in [0.1, 0.15) is 5.54 Å². The number of piperazine rings is 1. The van der Waals surface area contributed by atoms with Crippen LogP contribution in [-0.2, 0) is 14.3 Å². The largest absolute Gasteiger partial charge is 0.385 e. The molecule has 1 saturated carbocycles. The highest BCUT2D eigenvalue weighted by molar-refractivity contribution is 5.98. The second kappa shape index (κ2) is 5.04. The number of rotatable bonds is 4. The summed E-state index contributed by atoms with van der Waals surface area (Å²) in [5.74, 6) is 0.0784. The lowest BCUT2D eigenvalue weighted by atomic mass is 9.93. The number of nitrogens with zero attached hydrogens (tertiary/aromatic N) is 1. The average molecular weight is 240 g/mol. The lowest BCUT2D eigenvalue weighted by Crippen LogP contribution is -2.65. The van der Waals surface area contributed by atoms with Crippen LogP contribution in [0.15, 0.2) is 0 Å². The molecule has 17 heavy (non-hydrogen) atoms. The molecule has 1 saturated heterocycles. The lowest BCUT2D eigenvalue weighted by molar-refractivity contribution is -0.149. The third-order valence-electron chi connectivity index (χ3n) is 3.64. The zero-order chi connectivity index (χ0) is 12.3. The van der Waals surface area contributed by atoms with Gasteiger partial charge in [-0.2, -0.15) is 0 Å². The number of methoxy groups -OCH3 is 1. The summed E-state index contributed by atoms with van der Waals surface area (Å²) in [5.41, 5.74) is -0.581. The normalized spacial score (nSPS) is 23.2. The molecule has 5 heteroatoms. The Bertz CT molecular complexity index is 311. The first-order chi connectivity index (χ1) is 8.18. The van der Waals surface area contributed by atoms with Crippen molar-refractivity contribution in [1.29, 1.82) is 0 Å². The van der Waals surface area contributed by atoms with Crippen LogP contribution in [0, 0.1) is 0 Å². The molecular formula is C12H20N2O3. The predicted octanol–water partition coefficient (Wildman–Crippen LogP) is 0.294. The van der Waals surface area contributed by atoms with Crippen LogP contribution in [0.2, 0.25) is 0 Å². The van der Waals surface area contributed by atoms with Gasteiger partial charge < -0.3 is 15.0 Å². The quantitative estimate of drug-likeness (QED) is 0.719. The van der Waals surface area contributed by atoms with Gasteiger partial charge in [0.2, 0.25) is 11.8 Å². The summed E-state index contributed by atoms with van der Waals surface area (Å²) in [4.78, 5) is 25.7. The fraction of sp³-hybridized carbons (Fsp3) is 0.833. The van der Waals surface area contributed by atoms with Gasteiger partial charge in [0.15, 0.2) is 0 Å². The van der Waals surface area contributed by atoms with Crippen molar-refractivity contribution in [3.8, 4) is 0 Å². The highest BCUT2D eigenvalue weighted by Gasteiger charge is 2.47. The number of ether oxygens (including phenoxy) is 1. The summed E-state index contributed by atoms with van der Waals surface area (Å²) in [6.45, 7) is 1.44. The Balaban J connectivity index is 2.01. The summed E-state index contributed by atoms with van der Waals surface area (Å²) in [6, 6.07) is 0.